The van der Waals surface area contributed by atoms with E-state index >= 15 is 0 Å². The summed E-state index contributed by atoms with van der Waals surface area (Å²) in [6.45, 7) is 1.19. The minimum atomic E-state index is -0.0921. The summed E-state index contributed by atoms with van der Waals surface area (Å²) in [5.41, 5.74) is 10.5. The van der Waals surface area contributed by atoms with Gasteiger partial charge in [-0.2, -0.15) is 0 Å². The van der Waals surface area contributed by atoms with Crippen molar-refractivity contribution in [3.8, 4) is 0 Å². The first-order chi connectivity index (χ1) is 18.8. The van der Waals surface area contributed by atoms with Crippen LogP contribution in [0.4, 0.5) is 0 Å². The van der Waals surface area contributed by atoms with Crippen LogP contribution in [0.2, 0.25) is 0 Å². The summed E-state index contributed by atoms with van der Waals surface area (Å²) in [6.07, 6.45) is 3.00. The van der Waals surface area contributed by atoms with Gasteiger partial charge >= 0.3 is 0 Å². The quantitative estimate of drug-likeness (QED) is 0.219. The van der Waals surface area contributed by atoms with Gasteiger partial charge < -0.3 is 20.5 Å². The molecule has 2 amide bonds. The Kier molecular flexibility index (Phi) is 7.79. The molecule has 0 saturated carbocycles. The number of nitrogens with two attached hydrogens (primary N) is 1. The molecule has 1 aromatic heterocycles. The Labute approximate surface area is 235 Å². The van der Waals surface area contributed by atoms with Gasteiger partial charge in [0.25, 0.3) is 11.8 Å². The molecule has 1 fully saturated rings. The van der Waals surface area contributed by atoms with Gasteiger partial charge in [-0.3, -0.25) is 15.0 Å². The number of aryl methyl sites for hydroxylation is 3. The largest absolute Gasteiger partial charge is 0.384 e. The lowest BCUT2D eigenvalue weighted by Crippen LogP contribution is -2.46. The van der Waals surface area contributed by atoms with Crippen molar-refractivity contribution in [2.24, 2.45) is 12.8 Å². The van der Waals surface area contributed by atoms with Gasteiger partial charge in [0.05, 0.1) is 11.0 Å². The van der Waals surface area contributed by atoms with E-state index in [0.29, 0.717) is 29.8 Å². The van der Waals surface area contributed by atoms with Gasteiger partial charge in [-0.25, -0.2) is 4.98 Å². The summed E-state index contributed by atoms with van der Waals surface area (Å²) < 4.78 is 2.94. The first-order valence-electron chi connectivity index (χ1n) is 13.0. The van der Waals surface area contributed by atoms with Crippen molar-refractivity contribution in [3.63, 3.8) is 0 Å². The molecule has 8 nitrogen and oxygen atoms in total. The minimum Gasteiger partial charge on any atom is -0.384 e. The maximum atomic E-state index is 13.3. The lowest BCUT2D eigenvalue weighted by molar-refractivity contribution is 0.0698. The third-order valence-corrected chi connectivity index (χ3v) is 7.82. The van der Waals surface area contributed by atoms with E-state index in [9.17, 15) is 9.59 Å². The molecule has 5 rings (SSSR count). The number of nitrogen functional groups attached to an aromatic ring is 1. The number of amidine groups is 1. The number of benzene rings is 3. The summed E-state index contributed by atoms with van der Waals surface area (Å²) in [4.78, 5) is 32.6. The number of carbonyl (C=O) groups is 2. The smallest absolute Gasteiger partial charge is 0.253 e. The van der Waals surface area contributed by atoms with Gasteiger partial charge in [0.15, 0.2) is 0 Å². The van der Waals surface area contributed by atoms with Crippen LogP contribution in [0.25, 0.3) is 11.0 Å². The first kappa shape index (κ1) is 26.6. The molecule has 4 N–H and O–H groups in total. The molecule has 0 spiro atoms. The first-order valence-corrected chi connectivity index (χ1v) is 13.8. The van der Waals surface area contributed by atoms with Crippen molar-refractivity contribution in [1.82, 2.24) is 19.8 Å². The molecule has 9 heteroatoms. The number of aromatic nitrogens is 2. The molecule has 1 aliphatic rings. The summed E-state index contributed by atoms with van der Waals surface area (Å²) in [7, 11) is 2.00. The second-order valence-electron chi connectivity index (χ2n) is 9.95. The minimum absolute atomic E-state index is 0.00793. The molecule has 39 heavy (non-hydrogen) atoms. The molecule has 3 aromatic carbocycles. The second-order valence-corrected chi connectivity index (χ2v) is 10.9. The van der Waals surface area contributed by atoms with Crippen LogP contribution < -0.4 is 11.1 Å². The fraction of sp³-hybridized carbons (Fsp3) is 0.267. The zero-order valence-corrected chi connectivity index (χ0v) is 23.4. The van der Waals surface area contributed by atoms with Gasteiger partial charge in [0, 0.05) is 53.8 Å². The molecule has 0 radical (unpaired) electrons. The number of nitrogens with zero attached hydrogens (tertiary/aromatic N) is 3. The highest BCUT2D eigenvalue weighted by Gasteiger charge is 2.25. The van der Waals surface area contributed by atoms with Crippen molar-refractivity contribution < 1.29 is 9.59 Å². The normalized spacial score (nSPS) is 13.9. The fourth-order valence-electron chi connectivity index (χ4n) is 5.02. The number of piperidine rings is 1. The number of hydrogen-bond acceptors (Lipinski definition) is 4. The molecule has 4 aromatic rings. The Hall–Kier alpha value is -3.98. The Bertz CT molecular complexity index is 1540. The van der Waals surface area contributed by atoms with E-state index in [1.165, 1.54) is 0 Å². The van der Waals surface area contributed by atoms with E-state index in [-0.39, 0.29) is 23.7 Å². The van der Waals surface area contributed by atoms with Crippen LogP contribution in [0.1, 0.15) is 50.5 Å². The molecule has 0 unspecified atom stereocenters. The third-order valence-electron chi connectivity index (χ3n) is 7.33. The van der Waals surface area contributed by atoms with Crippen LogP contribution in [0.5, 0.6) is 0 Å². The van der Waals surface area contributed by atoms with Crippen LogP contribution >= 0.6 is 15.9 Å². The molecule has 0 aliphatic carbocycles. The van der Waals surface area contributed by atoms with Gasteiger partial charge in [0.1, 0.15) is 11.7 Å². The monoisotopic (exact) mass is 586 g/mol. The van der Waals surface area contributed by atoms with E-state index in [2.05, 4.69) is 25.8 Å². The second kappa shape index (κ2) is 11.4. The molecule has 200 valence electrons. The third kappa shape index (κ3) is 6.04. The Morgan fingerprint density at radius 3 is 2.41 bits per heavy atom. The van der Waals surface area contributed by atoms with E-state index in [1.807, 2.05) is 66.5 Å². The average molecular weight is 588 g/mol. The number of fused-ring (bicyclic) bond motifs is 1. The maximum absolute atomic E-state index is 13.3. The average Bonchev–Trinajstić information content (AvgIpc) is 3.26. The summed E-state index contributed by atoms with van der Waals surface area (Å²) >= 11 is 3.41. The van der Waals surface area contributed by atoms with Crippen molar-refractivity contribution in [2.45, 2.75) is 31.7 Å². The van der Waals surface area contributed by atoms with E-state index < -0.39 is 0 Å². The van der Waals surface area contributed by atoms with Gasteiger partial charge in [-0.05, 0) is 61.2 Å². The van der Waals surface area contributed by atoms with Crippen LogP contribution in [0.3, 0.4) is 0 Å². The molecule has 0 bridgehead atoms. The molecule has 0 atom stereocenters. The van der Waals surface area contributed by atoms with Gasteiger partial charge in [0.2, 0.25) is 0 Å². The number of rotatable bonds is 7. The Morgan fingerprint density at radius 1 is 1.00 bits per heavy atom. The Morgan fingerprint density at radius 2 is 1.72 bits per heavy atom. The van der Waals surface area contributed by atoms with Crippen molar-refractivity contribution in [2.75, 3.05) is 13.1 Å². The van der Waals surface area contributed by atoms with Gasteiger partial charge in [-0.1, -0.05) is 46.3 Å². The summed E-state index contributed by atoms with van der Waals surface area (Å²) in [5.74, 6) is 0.916. The highest BCUT2D eigenvalue weighted by molar-refractivity contribution is 9.10. The molecule has 2 heterocycles. The van der Waals surface area contributed by atoms with Crippen LogP contribution in [0, 0.1) is 5.41 Å². The van der Waals surface area contributed by atoms with Crippen molar-refractivity contribution in [3.05, 3.63) is 99.3 Å². The summed E-state index contributed by atoms with van der Waals surface area (Å²) in [6, 6.07) is 20.8. The topological polar surface area (TPSA) is 117 Å². The lowest BCUT2D eigenvalue weighted by atomic mass is 10.0. The zero-order chi connectivity index (χ0) is 27.5. The number of halogens is 1. The zero-order valence-electron chi connectivity index (χ0n) is 21.8. The molecular weight excluding hydrogens is 556 g/mol. The number of likely N-dealkylation sites (tertiary alicyclic amines) is 1. The number of nitrogens with one attached hydrogen (secondary N) is 2. The van der Waals surface area contributed by atoms with E-state index in [1.54, 1.807) is 12.1 Å². The molecular formula is C30H31BrN6O2. The number of carbonyl (C=O) groups excluding carboxylic acids is 2. The van der Waals surface area contributed by atoms with Crippen LogP contribution in [-0.4, -0.2) is 51.2 Å². The highest BCUT2D eigenvalue weighted by Crippen LogP contribution is 2.21. The highest BCUT2D eigenvalue weighted by atomic mass is 79.9. The maximum Gasteiger partial charge on any atom is 0.253 e. The van der Waals surface area contributed by atoms with E-state index in [0.717, 1.165) is 52.6 Å². The predicted octanol–water partition coefficient (Wildman–Crippen LogP) is 4.44. The fourth-order valence-corrected chi connectivity index (χ4v) is 5.42. The van der Waals surface area contributed by atoms with E-state index in [4.69, 9.17) is 16.1 Å². The molecule has 1 saturated heterocycles. The van der Waals surface area contributed by atoms with Crippen molar-refractivity contribution in [1.29, 1.82) is 5.41 Å². The number of amides is 2. The van der Waals surface area contributed by atoms with Crippen molar-refractivity contribution >= 4 is 44.6 Å². The number of imidazole rings is 1. The lowest BCUT2D eigenvalue weighted by Gasteiger charge is -2.32. The number of hydrogen-bond donors (Lipinski definition) is 3. The predicted molar refractivity (Wildman–Crippen MR) is 156 cm³/mol. The standard InChI is InChI=1S/C30H31BrN6O2/c1-36-26-11-10-22(18-25(26)35-27(36)12-7-19-5-8-20(9-6-19)28(32)33)30(39)37-15-13-24(14-16-37)34-29(38)21-3-2-4-23(31)17-21/h2-6,8-11,17-18,24H,7,12-16H2,1H3,(H3,32,33)(H,34,38). The van der Waals surface area contributed by atoms with Gasteiger partial charge in [-0.15, -0.1) is 0 Å². The molecule has 1 aliphatic heterocycles. The SMILES string of the molecule is Cn1c(CCc2ccc(C(=N)N)cc2)nc2cc(C(=O)N3CCC(NC(=O)c4cccc(Br)c4)CC3)ccc21. The Balaban J connectivity index is 1.19. The summed E-state index contributed by atoms with van der Waals surface area (Å²) in [5, 5.41) is 10.6. The van der Waals surface area contributed by atoms with Crippen LogP contribution in [0.15, 0.2) is 71.2 Å². The van der Waals surface area contributed by atoms with Crippen LogP contribution in [-0.2, 0) is 19.9 Å².